The van der Waals surface area contributed by atoms with E-state index >= 15 is 0 Å². The van der Waals surface area contributed by atoms with Gasteiger partial charge in [-0.3, -0.25) is 4.79 Å². The van der Waals surface area contributed by atoms with E-state index in [0.29, 0.717) is 0 Å². The van der Waals surface area contributed by atoms with E-state index in [1.165, 1.54) is 0 Å². The largest absolute Gasteiger partial charge is 0.353 e. The first-order chi connectivity index (χ1) is 14.3. The molecule has 5 rings (SSSR count). The molecule has 0 spiro atoms. The number of hydrogen-bond acceptors (Lipinski definition) is 7. The topological polar surface area (TPSA) is 65.5 Å². The van der Waals surface area contributed by atoms with Crippen molar-refractivity contribution in [2.24, 2.45) is 5.92 Å². The van der Waals surface area contributed by atoms with Crippen molar-refractivity contribution in [3.63, 3.8) is 0 Å². The van der Waals surface area contributed by atoms with Crippen LogP contribution in [0, 0.1) is 5.92 Å². The number of aromatic nitrogens is 3. The first-order valence-electron chi connectivity index (χ1n) is 10.2. The second kappa shape index (κ2) is 7.94. The maximum absolute atomic E-state index is 13.2. The second-order valence-electron chi connectivity index (χ2n) is 7.61. The lowest BCUT2D eigenvalue weighted by molar-refractivity contribution is -0.136. The Balaban J connectivity index is 1.22. The van der Waals surface area contributed by atoms with Gasteiger partial charge in [0.05, 0.1) is 5.92 Å². The normalized spacial score (nSPS) is 20.3. The van der Waals surface area contributed by atoms with Gasteiger partial charge in [0.1, 0.15) is 16.2 Å². The number of piperazine rings is 1. The van der Waals surface area contributed by atoms with Crippen LogP contribution in [-0.4, -0.2) is 65.0 Å². The van der Waals surface area contributed by atoms with Crippen LogP contribution in [0.25, 0.3) is 10.3 Å². The monoisotopic (exact) mass is 408 g/mol. The Labute approximate surface area is 174 Å². The molecule has 0 N–H and O–H groups in total. The Morgan fingerprint density at radius 3 is 2.62 bits per heavy atom. The maximum Gasteiger partial charge on any atom is 0.227 e. The van der Waals surface area contributed by atoms with Crippen molar-refractivity contribution < 1.29 is 4.79 Å². The summed E-state index contributed by atoms with van der Waals surface area (Å²) in [5, 5.41) is 0.983. The molecule has 2 aliphatic rings. The quantitative estimate of drug-likeness (QED) is 0.664. The van der Waals surface area contributed by atoms with Gasteiger partial charge in [0, 0.05) is 51.7 Å². The molecule has 0 radical (unpaired) electrons. The van der Waals surface area contributed by atoms with E-state index in [0.717, 1.165) is 73.4 Å². The zero-order valence-electron chi connectivity index (χ0n) is 16.3. The fourth-order valence-corrected chi connectivity index (χ4v) is 5.14. The lowest BCUT2D eigenvalue weighted by atomic mass is 9.96. The van der Waals surface area contributed by atoms with E-state index in [2.05, 4.69) is 19.8 Å². The third-order valence-corrected chi connectivity index (χ3v) is 6.80. The number of thiazole rings is 1. The third-order valence-electron chi connectivity index (χ3n) is 5.76. The first-order valence-corrected chi connectivity index (χ1v) is 11.0. The van der Waals surface area contributed by atoms with Crippen molar-refractivity contribution in [2.75, 3.05) is 49.1 Å². The van der Waals surface area contributed by atoms with Crippen LogP contribution >= 0.6 is 11.3 Å². The molecule has 1 amide bonds. The number of anilines is 2. The summed E-state index contributed by atoms with van der Waals surface area (Å²) in [5.41, 5.74) is 0.937. The molecule has 2 saturated heterocycles. The molecule has 150 valence electrons. The number of fused-ring (bicyclic) bond motifs is 1. The fraction of sp³-hybridized carbons (Fsp3) is 0.429. The molecular formula is C21H24N6OS. The predicted molar refractivity (Wildman–Crippen MR) is 115 cm³/mol. The molecular weight excluding hydrogens is 384 g/mol. The lowest BCUT2D eigenvalue weighted by Crippen LogP contribution is -2.52. The first kappa shape index (κ1) is 18.3. The number of amides is 1. The molecule has 2 aliphatic heterocycles. The Hall–Kier alpha value is -2.74. The van der Waals surface area contributed by atoms with Crippen molar-refractivity contribution in [2.45, 2.75) is 12.8 Å². The molecule has 0 saturated carbocycles. The smallest absolute Gasteiger partial charge is 0.227 e. The third kappa shape index (κ3) is 3.76. The van der Waals surface area contributed by atoms with Gasteiger partial charge in [-0.15, -0.1) is 0 Å². The minimum Gasteiger partial charge on any atom is -0.353 e. The van der Waals surface area contributed by atoms with Gasteiger partial charge in [-0.1, -0.05) is 17.4 Å². The highest BCUT2D eigenvalue weighted by Gasteiger charge is 2.32. The fourth-order valence-electron chi connectivity index (χ4n) is 4.20. The zero-order chi connectivity index (χ0) is 19.6. The Morgan fingerprint density at radius 1 is 0.966 bits per heavy atom. The number of piperidine rings is 1. The SMILES string of the molecule is O=C([C@@H]1CCCN(c2nc3cccnc3s2)C1)N1CCN(c2ccccn2)CC1. The number of carbonyl (C=O) groups is 1. The number of carbonyl (C=O) groups excluding carboxylic acids is 1. The van der Waals surface area contributed by atoms with Crippen LogP contribution in [0.1, 0.15) is 12.8 Å². The summed E-state index contributed by atoms with van der Waals surface area (Å²) in [6.45, 7) is 4.90. The molecule has 0 bridgehead atoms. The van der Waals surface area contributed by atoms with Gasteiger partial charge < -0.3 is 14.7 Å². The Kier molecular flexibility index (Phi) is 5.01. The van der Waals surface area contributed by atoms with E-state index in [-0.39, 0.29) is 11.8 Å². The number of hydrogen-bond donors (Lipinski definition) is 0. The molecule has 0 aromatic carbocycles. The Morgan fingerprint density at radius 2 is 1.83 bits per heavy atom. The van der Waals surface area contributed by atoms with Crippen LogP contribution in [0.2, 0.25) is 0 Å². The molecule has 7 nitrogen and oxygen atoms in total. The zero-order valence-corrected chi connectivity index (χ0v) is 17.1. The molecule has 3 aromatic rings. The summed E-state index contributed by atoms with van der Waals surface area (Å²) in [5.74, 6) is 1.33. The summed E-state index contributed by atoms with van der Waals surface area (Å²) in [7, 11) is 0. The molecule has 1 atom stereocenters. The van der Waals surface area contributed by atoms with Gasteiger partial charge in [0.15, 0.2) is 5.13 Å². The molecule has 8 heteroatoms. The van der Waals surface area contributed by atoms with Crippen LogP contribution in [0.4, 0.5) is 10.9 Å². The van der Waals surface area contributed by atoms with Gasteiger partial charge in [0.2, 0.25) is 5.91 Å². The van der Waals surface area contributed by atoms with E-state index in [9.17, 15) is 4.79 Å². The number of rotatable bonds is 3. The molecule has 3 aromatic heterocycles. The van der Waals surface area contributed by atoms with Crippen molar-refractivity contribution >= 4 is 38.5 Å². The van der Waals surface area contributed by atoms with Crippen LogP contribution in [0.3, 0.4) is 0 Å². The van der Waals surface area contributed by atoms with Crippen LogP contribution in [0.15, 0.2) is 42.7 Å². The maximum atomic E-state index is 13.2. The average molecular weight is 409 g/mol. The molecule has 2 fully saturated rings. The van der Waals surface area contributed by atoms with Crippen LogP contribution < -0.4 is 9.80 Å². The van der Waals surface area contributed by atoms with Crippen molar-refractivity contribution in [1.29, 1.82) is 0 Å². The summed E-state index contributed by atoms with van der Waals surface area (Å²) in [6, 6.07) is 9.88. The molecule has 0 unspecified atom stereocenters. The Bertz CT molecular complexity index is 952. The highest BCUT2D eigenvalue weighted by molar-refractivity contribution is 7.21. The summed E-state index contributed by atoms with van der Waals surface area (Å²) >= 11 is 1.62. The predicted octanol–water partition coefficient (Wildman–Crippen LogP) is 2.65. The van der Waals surface area contributed by atoms with Crippen LogP contribution in [-0.2, 0) is 4.79 Å². The molecule has 29 heavy (non-hydrogen) atoms. The van der Waals surface area contributed by atoms with Crippen LogP contribution in [0.5, 0.6) is 0 Å². The highest BCUT2D eigenvalue weighted by atomic mass is 32.1. The van der Waals surface area contributed by atoms with Crippen molar-refractivity contribution in [3.05, 3.63) is 42.7 Å². The highest BCUT2D eigenvalue weighted by Crippen LogP contribution is 2.31. The van der Waals surface area contributed by atoms with Gasteiger partial charge >= 0.3 is 0 Å². The summed E-state index contributed by atoms with van der Waals surface area (Å²) in [6.07, 6.45) is 5.60. The van der Waals surface area contributed by atoms with E-state index in [1.807, 2.05) is 41.4 Å². The average Bonchev–Trinajstić information content (AvgIpc) is 3.24. The van der Waals surface area contributed by atoms with Gasteiger partial charge in [-0.2, -0.15) is 0 Å². The second-order valence-corrected chi connectivity index (χ2v) is 8.57. The molecule has 0 aliphatic carbocycles. The number of pyridine rings is 2. The van der Waals surface area contributed by atoms with Gasteiger partial charge in [-0.05, 0) is 37.1 Å². The van der Waals surface area contributed by atoms with Gasteiger partial charge in [0.25, 0.3) is 0 Å². The van der Waals surface area contributed by atoms with E-state index in [4.69, 9.17) is 4.98 Å². The minimum atomic E-state index is 0.0464. The van der Waals surface area contributed by atoms with E-state index < -0.39 is 0 Å². The van der Waals surface area contributed by atoms with Gasteiger partial charge in [-0.25, -0.2) is 15.0 Å². The molecule has 5 heterocycles. The standard InChI is InChI=1S/C21H24N6OS/c28-20(26-13-11-25(12-14-26)18-7-1-2-8-22-18)16-5-4-10-27(15-16)21-24-17-6-3-9-23-19(17)29-21/h1-3,6-9,16H,4-5,10-15H2/t16-/m1/s1. The van der Waals surface area contributed by atoms with E-state index in [1.54, 1.807) is 17.5 Å². The number of nitrogens with zero attached hydrogens (tertiary/aromatic N) is 6. The van der Waals surface area contributed by atoms with Crippen molar-refractivity contribution in [1.82, 2.24) is 19.9 Å². The summed E-state index contributed by atoms with van der Waals surface area (Å²) < 4.78 is 0. The van der Waals surface area contributed by atoms with Crippen molar-refractivity contribution in [3.8, 4) is 0 Å². The summed E-state index contributed by atoms with van der Waals surface area (Å²) in [4.78, 5) is 34.3. The lowest BCUT2D eigenvalue weighted by Gasteiger charge is -2.39. The minimum absolute atomic E-state index is 0.0464.